The van der Waals surface area contributed by atoms with Gasteiger partial charge < -0.3 is 19.5 Å². The van der Waals surface area contributed by atoms with Crippen molar-refractivity contribution in [2.45, 2.75) is 39.2 Å². The van der Waals surface area contributed by atoms with E-state index in [2.05, 4.69) is 43.6 Å². The molecule has 0 aromatic heterocycles. The van der Waals surface area contributed by atoms with Gasteiger partial charge in [0.25, 0.3) is 0 Å². The Balaban J connectivity index is 1.52. The number of anilines is 1. The van der Waals surface area contributed by atoms with Crippen LogP contribution in [0.15, 0.2) is 36.4 Å². The molecule has 0 spiro atoms. The zero-order chi connectivity index (χ0) is 22.6. The second-order valence-electron chi connectivity index (χ2n) is 9.30. The first kappa shape index (κ1) is 23.7. The van der Waals surface area contributed by atoms with Gasteiger partial charge in [0.2, 0.25) is 0 Å². The first-order valence-corrected chi connectivity index (χ1v) is 11.3. The second-order valence-corrected chi connectivity index (χ2v) is 9.73. The predicted octanol–water partition coefficient (Wildman–Crippen LogP) is 4.52. The third-order valence-electron chi connectivity index (χ3n) is 5.78. The molecule has 3 rings (SSSR count). The topological polar surface area (TPSA) is 45.2 Å². The maximum Gasteiger partial charge on any atom is 0.123 e. The average molecular weight is 447 g/mol. The number of aliphatic hydroxyl groups is 1. The highest BCUT2D eigenvalue weighted by Gasteiger charge is 2.23. The number of rotatable bonds is 7. The molecule has 0 bridgehead atoms. The lowest BCUT2D eigenvalue weighted by Gasteiger charge is -2.37. The van der Waals surface area contributed by atoms with Crippen molar-refractivity contribution in [1.29, 1.82) is 0 Å². The molecule has 0 saturated carbocycles. The van der Waals surface area contributed by atoms with Crippen molar-refractivity contribution in [3.8, 4) is 11.5 Å². The highest BCUT2D eigenvalue weighted by Crippen LogP contribution is 2.34. The van der Waals surface area contributed by atoms with E-state index in [0.717, 1.165) is 48.3 Å². The van der Waals surface area contributed by atoms with Crippen LogP contribution < -0.4 is 14.4 Å². The Labute approximate surface area is 191 Å². The Morgan fingerprint density at radius 1 is 1.06 bits per heavy atom. The Morgan fingerprint density at radius 2 is 1.77 bits per heavy atom. The fourth-order valence-electron chi connectivity index (χ4n) is 3.98. The van der Waals surface area contributed by atoms with Crippen LogP contribution in [0.1, 0.15) is 31.9 Å². The molecule has 1 aliphatic heterocycles. The largest absolute Gasteiger partial charge is 0.497 e. The van der Waals surface area contributed by atoms with Crippen LogP contribution in [0.5, 0.6) is 11.5 Å². The summed E-state index contributed by atoms with van der Waals surface area (Å²) in [5.74, 6) is 1.61. The lowest BCUT2D eigenvalue weighted by Crippen LogP contribution is -2.49. The summed E-state index contributed by atoms with van der Waals surface area (Å²) in [5, 5.41) is 11.4. The molecule has 0 aliphatic carbocycles. The Hall–Kier alpha value is -1.95. The lowest BCUT2D eigenvalue weighted by molar-refractivity contribution is 0.0656. The van der Waals surface area contributed by atoms with Crippen LogP contribution in [-0.4, -0.2) is 62.6 Å². The van der Waals surface area contributed by atoms with Crippen molar-refractivity contribution in [3.05, 3.63) is 52.5 Å². The van der Waals surface area contributed by atoms with Gasteiger partial charge in [-0.1, -0.05) is 38.4 Å². The maximum absolute atomic E-state index is 10.6. The van der Waals surface area contributed by atoms with E-state index in [4.69, 9.17) is 21.1 Å². The van der Waals surface area contributed by atoms with Gasteiger partial charge in [0, 0.05) is 49.0 Å². The first-order valence-electron chi connectivity index (χ1n) is 10.9. The number of hydrogen-bond acceptors (Lipinski definition) is 5. The van der Waals surface area contributed by atoms with Crippen molar-refractivity contribution in [2.75, 3.05) is 51.3 Å². The zero-order valence-electron chi connectivity index (χ0n) is 19.3. The number of halogens is 1. The van der Waals surface area contributed by atoms with Gasteiger partial charge in [-0.25, -0.2) is 0 Å². The van der Waals surface area contributed by atoms with Crippen LogP contribution in [-0.2, 0) is 5.41 Å². The summed E-state index contributed by atoms with van der Waals surface area (Å²) in [6.45, 7) is 13.1. The van der Waals surface area contributed by atoms with Gasteiger partial charge >= 0.3 is 0 Å². The molecule has 1 fully saturated rings. The van der Waals surface area contributed by atoms with Crippen molar-refractivity contribution in [2.24, 2.45) is 0 Å². The van der Waals surface area contributed by atoms with Gasteiger partial charge in [-0.3, -0.25) is 4.90 Å². The Morgan fingerprint density at radius 3 is 2.42 bits per heavy atom. The number of hydrogen-bond donors (Lipinski definition) is 1. The van der Waals surface area contributed by atoms with E-state index < -0.39 is 6.10 Å². The molecule has 0 radical (unpaired) electrons. The minimum absolute atomic E-state index is 0.0797. The summed E-state index contributed by atoms with van der Waals surface area (Å²) < 4.78 is 11.4. The van der Waals surface area contributed by atoms with E-state index in [0.29, 0.717) is 6.54 Å². The fourth-order valence-corrected chi connectivity index (χ4v) is 4.15. The number of β-amino-alcohol motifs (C(OH)–C–C–N with tert-alkyl or cyclic N) is 1. The molecule has 1 saturated heterocycles. The number of ether oxygens (including phenoxy) is 2. The molecule has 2 aromatic carbocycles. The summed E-state index contributed by atoms with van der Waals surface area (Å²) in [5.41, 5.74) is 3.43. The van der Waals surface area contributed by atoms with Gasteiger partial charge in [0.05, 0.1) is 7.11 Å². The molecule has 1 heterocycles. The molecule has 31 heavy (non-hydrogen) atoms. The monoisotopic (exact) mass is 446 g/mol. The van der Waals surface area contributed by atoms with E-state index in [1.165, 1.54) is 11.3 Å². The highest BCUT2D eigenvalue weighted by molar-refractivity contribution is 6.30. The third-order valence-corrected chi connectivity index (χ3v) is 6.01. The lowest BCUT2D eigenvalue weighted by atomic mass is 9.86. The van der Waals surface area contributed by atoms with E-state index in [9.17, 15) is 5.11 Å². The number of nitrogens with zero attached hydrogens (tertiary/aromatic N) is 2. The molecule has 5 nitrogen and oxygen atoms in total. The summed E-state index contributed by atoms with van der Waals surface area (Å²) in [4.78, 5) is 4.66. The molecular weight excluding hydrogens is 412 g/mol. The van der Waals surface area contributed by atoms with E-state index in [1.807, 2.05) is 30.3 Å². The molecule has 1 N–H and O–H groups in total. The average Bonchev–Trinajstić information content (AvgIpc) is 2.74. The SMILES string of the molecule is COc1ccc(OC[C@@H](O)CN2CCN(c3cc(Cl)ccc3C)CC2)c(C(C)(C)C)c1. The van der Waals surface area contributed by atoms with Crippen LogP contribution in [0.4, 0.5) is 5.69 Å². The fraction of sp³-hybridized carbons (Fsp3) is 0.520. The number of methoxy groups -OCH3 is 1. The summed E-state index contributed by atoms with van der Waals surface area (Å²) in [6.07, 6.45) is -0.547. The van der Waals surface area contributed by atoms with Crippen LogP contribution >= 0.6 is 11.6 Å². The molecule has 6 heteroatoms. The van der Waals surface area contributed by atoms with Crippen molar-refractivity contribution in [1.82, 2.24) is 4.90 Å². The van der Waals surface area contributed by atoms with Crippen molar-refractivity contribution in [3.63, 3.8) is 0 Å². The summed E-state index contributed by atoms with van der Waals surface area (Å²) in [7, 11) is 1.67. The van der Waals surface area contributed by atoms with Gasteiger partial charge in [0.15, 0.2) is 0 Å². The van der Waals surface area contributed by atoms with Crippen LogP contribution in [0, 0.1) is 6.92 Å². The number of benzene rings is 2. The molecule has 1 atom stereocenters. The van der Waals surface area contributed by atoms with Gasteiger partial charge in [-0.15, -0.1) is 0 Å². The van der Waals surface area contributed by atoms with Gasteiger partial charge in [0.1, 0.15) is 24.2 Å². The standard InChI is InChI=1S/C25H35ClN2O3/c1-18-6-7-19(26)14-23(18)28-12-10-27(11-13-28)16-20(29)17-31-24-9-8-21(30-5)15-22(24)25(2,3)4/h6-9,14-15,20,29H,10-13,16-17H2,1-5H3/t20-/m0/s1. The van der Waals surface area contributed by atoms with E-state index in [1.54, 1.807) is 7.11 Å². The minimum Gasteiger partial charge on any atom is -0.497 e. The normalized spacial score (nSPS) is 16.3. The number of aryl methyl sites for hydroxylation is 1. The van der Waals surface area contributed by atoms with E-state index in [-0.39, 0.29) is 12.0 Å². The number of piperazine rings is 1. The zero-order valence-corrected chi connectivity index (χ0v) is 20.1. The molecular formula is C25H35ClN2O3. The van der Waals surface area contributed by atoms with Gasteiger partial charge in [-0.2, -0.15) is 0 Å². The van der Waals surface area contributed by atoms with Crippen molar-refractivity contribution >= 4 is 17.3 Å². The highest BCUT2D eigenvalue weighted by atomic mass is 35.5. The van der Waals surface area contributed by atoms with E-state index >= 15 is 0 Å². The maximum atomic E-state index is 10.6. The summed E-state index contributed by atoms with van der Waals surface area (Å²) >= 11 is 6.18. The smallest absolute Gasteiger partial charge is 0.123 e. The van der Waals surface area contributed by atoms with Crippen LogP contribution in [0.2, 0.25) is 5.02 Å². The Bertz CT molecular complexity index is 874. The molecule has 170 valence electrons. The first-order chi connectivity index (χ1) is 14.7. The van der Waals surface area contributed by atoms with Gasteiger partial charge in [-0.05, 0) is 48.2 Å². The quantitative estimate of drug-likeness (QED) is 0.677. The molecule has 0 amide bonds. The number of aliphatic hydroxyl groups excluding tert-OH is 1. The Kier molecular flexibility index (Phi) is 7.73. The van der Waals surface area contributed by atoms with Crippen molar-refractivity contribution < 1.29 is 14.6 Å². The van der Waals surface area contributed by atoms with Crippen LogP contribution in [0.25, 0.3) is 0 Å². The second kappa shape index (κ2) is 10.1. The molecule has 2 aromatic rings. The predicted molar refractivity (Wildman–Crippen MR) is 128 cm³/mol. The minimum atomic E-state index is -0.547. The third kappa shape index (κ3) is 6.28. The molecule has 0 unspecified atom stereocenters. The van der Waals surface area contributed by atoms with Crippen LogP contribution in [0.3, 0.4) is 0 Å². The molecule has 1 aliphatic rings. The summed E-state index contributed by atoms with van der Waals surface area (Å²) in [6, 6.07) is 11.9.